The summed E-state index contributed by atoms with van der Waals surface area (Å²) < 4.78 is 18.9. The van der Waals surface area contributed by atoms with E-state index >= 15 is 0 Å². The van der Waals surface area contributed by atoms with Crippen molar-refractivity contribution < 1.29 is 19.0 Å². The Bertz CT molecular complexity index is 564. The number of halogens is 1. The van der Waals surface area contributed by atoms with Crippen LogP contribution < -0.4 is 4.74 Å². The minimum Gasteiger partial charge on any atom is -0.457 e. The van der Waals surface area contributed by atoms with Gasteiger partial charge in [-0.05, 0) is 36.2 Å². The lowest BCUT2D eigenvalue weighted by molar-refractivity contribution is 0.111. The van der Waals surface area contributed by atoms with Crippen LogP contribution in [0.15, 0.2) is 42.5 Å². The number of ether oxygens (including phenoxy) is 1. The first kappa shape index (κ1) is 13.2. The zero-order valence-electron chi connectivity index (χ0n) is 10.2. The van der Waals surface area contributed by atoms with E-state index < -0.39 is 5.82 Å². The largest absolute Gasteiger partial charge is 0.457 e. The molecule has 4 heteroatoms. The van der Waals surface area contributed by atoms with Crippen molar-refractivity contribution in [3.05, 3.63) is 59.4 Å². The third-order valence-electron chi connectivity index (χ3n) is 2.68. The van der Waals surface area contributed by atoms with Gasteiger partial charge in [-0.1, -0.05) is 18.2 Å². The minimum absolute atomic E-state index is 0.0827. The molecule has 0 aliphatic heterocycles. The van der Waals surface area contributed by atoms with E-state index in [1.807, 2.05) is 12.1 Å². The lowest BCUT2D eigenvalue weighted by Crippen LogP contribution is -1.94. The first-order valence-electron chi connectivity index (χ1n) is 5.86. The lowest BCUT2D eigenvalue weighted by Gasteiger charge is -2.09. The van der Waals surface area contributed by atoms with Gasteiger partial charge in [-0.15, -0.1) is 0 Å². The molecule has 0 spiro atoms. The number of hydrogen-bond donors (Lipinski definition) is 1. The van der Waals surface area contributed by atoms with E-state index in [4.69, 9.17) is 9.84 Å². The normalized spacial score (nSPS) is 10.2. The summed E-state index contributed by atoms with van der Waals surface area (Å²) in [5.41, 5.74) is 0.881. The standard InChI is InChI=1S/C15H13FO3/c16-14-2-1-3-15(13(14)10-18)19-12-6-4-11(5-7-12)8-9-17/h1-7,10,17H,8-9H2. The van der Waals surface area contributed by atoms with Crippen molar-refractivity contribution in [2.24, 2.45) is 0 Å². The van der Waals surface area contributed by atoms with Crippen molar-refractivity contribution in [3.8, 4) is 11.5 Å². The Morgan fingerprint density at radius 3 is 2.53 bits per heavy atom. The molecule has 0 bridgehead atoms. The van der Waals surface area contributed by atoms with Crippen LogP contribution in [0.4, 0.5) is 4.39 Å². The number of aliphatic hydroxyl groups excluding tert-OH is 1. The number of benzene rings is 2. The van der Waals surface area contributed by atoms with Crippen LogP contribution in [0.3, 0.4) is 0 Å². The maximum absolute atomic E-state index is 13.4. The van der Waals surface area contributed by atoms with Crippen LogP contribution in [0.5, 0.6) is 11.5 Å². The van der Waals surface area contributed by atoms with Crippen molar-refractivity contribution in [2.75, 3.05) is 6.61 Å². The highest BCUT2D eigenvalue weighted by molar-refractivity contribution is 5.79. The SMILES string of the molecule is O=Cc1c(F)cccc1Oc1ccc(CCO)cc1. The predicted molar refractivity (Wildman–Crippen MR) is 69.1 cm³/mol. The van der Waals surface area contributed by atoms with Crippen molar-refractivity contribution in [1.29, 1.82) is 0 Å². The number of hydrogen-bond acceptors (Lipinski definition) is 3. The highest BCUT2D eigenvalue weighted by Crippen LogP contribution is 2.26. The summed E-state index contributed by atoms with van der Waals surface area (Å²) in [6.45, 7) is 0.0827. The van der Waals surface area contributed by atoms with Crippen molar-refractivity contribution in [2.45, 2.75) is 6.42 Å². The van der Waals surface area contributed by atoms with Gasteiger partial charge in [0, 0.05) is 6.61 Å². The molecule has 0 radical (unpaired) electrons. The number of carbonyl (C=O) groups is 1. The fourth-order valence-corrected chi connectivity index (χ4v) is 1.70. The number of rotatable bonds is 5. The Labute approximate surface area is 110 Å². The van der Waals surface area contributed by atoms with Gasteiger partial charge in [0.25, 0.3) is 0 Å². The van der Waals surface area contributed by atoms with E-state index in [9.17, 15) is 9.18 Å². The van der Waals surface area contributed by atoms with Crippen LogP contribution in [0.25, 0.3) is 0 Å². The van der Waals surface area contributed by atoms with Gasteiger partial charge in [0.15, 0.2) is 6.29 Å². The third kappa shape index (κ3) is 3.17. The number of aliphatic hydroxyl groups is 1. The molecule has 98 valence electrons. The highest BCUT2D eigenvalue weighted by Gasteiger charge is 2.09. The van der Waals surface area contributed by atoms with E-state index in [1.54, 1.807) is 12.1 Å². The van der Waals surface area contributed by atoms with E-state index in [0.29, 0.717) is 18.5 Å². The van der Waals surface area contributed by atoms with Gasteiger partial charge in [-0.3, -0.25) is 4.79 Å². The molecule has 0 aliphatic carbocycles. The molecule has 1 N–H and O–H groups in total. The second-order valence-electron chi connectivity index (χ2n) is 3.99. The van der Waals surface area contributed by atoms with Gasteiger partial charge in [-0.2, -0.15) is 0 Å². The monoisotopic (exact) mass is 260 g/mol. The summed E-state index contributed by atoms with van der Waals surface area (Å²) in [5.74, 6) is 0.0877. The first-order chi connectivity index (χ1) is 9.24. The van der Waals surface area contributed by atoms with Gasteiger partial charge < -0.3 is 9.84 Å². The fraction of sp³-hybridized carbons (Fsp3) is 0.133. The lowest BCUT2D eigenvalue weighted by atomic mass is 10.1. The van der Waals surface area contributed by atoms with Crippen LogP contribution in [-0.2, 0) is 6.42 Å². The van der Waals surface area contributed by atoms with Crippen molar-refractivity contribution in [1.82, 2.24) is 0 Å². The average molecular weight is 260 g/mol. The fourth-order valence-electron chi connectivity index (χ4n) is 1.70. The predicted octanol–water partition coefficient (Wildman–Crippen LogP) is 2.97. The third-order valence-corrected chi connectivity index (χ3v) is 2.68. The van der Waals surface area contributed by atoms with Crippen molar-refractivity contribution in [3.63, 3.8) is 0 Å². The highest BCUT2D eigenvalue weighted by atomic mass is 19.1. The van der Waals surface area contributed by atoms with Crippen molar-refractivity contribution >= 4 is 6.29 Å². The Hall–Kier alpha value is -2.20. The van der Waals surface area contributed by atoms with E-state index in [2.05, 4.69) is 0 Å². The van der Waals surface area contributed by atoms with Crippen LogP contribution in [-0.4, -0.2) is 18.0 Å². The summed E-state index contributed by atoms with van der Waals surface area (Å²) >= 11 is 0. The molecule has 0 unspecified atom stereocenters. The summed E-state index contributed by atoms with van der Waals surface area (Å²) in [7, 11) is 0. The summed E-state index contributed by atoms with van der Waals surface area (Å²) in [6, 6.07) is 11.3. The van der Waals surface area contributed by atoms with Crippen LogP contribution in [0.2, 0.25) is 0 Å². The Morgan fingerprint density at radius 2 is 1.89 bits per heavy atom. The molecule has 0 amide bonds. The minimum atomic E-state index is -0.607. The molecule has 0 saturated carbocycles. The maximum Gasteiger partial charge on any atom is 0.156 e. The smallest absolute Gasteiger partial charge is 0.156 e. The molecule has 19 heavy (non-hydrogen) atoms. The summed E-state index contributed by atoms with van der Waals surface area (Å²) in [5, 5.41) is 8.81. The number of carbonyl (C=O) groups excluding carboxylic acids is 1. The number of aldehydes is 1. The topological polar surface area (TPSA) is 46.5 Å². The molecule has 2 aromatic carbocycles. The molecule has 0 fully saturated rings. The Kier molecular flexibility index (Phi) is 4.26. The average Bonchev–Trinajstić information content (AvgIpc) is 2.42. The first-order valence-corrected chi connectivity index (χ1v) is 5.86. The van der Waals surface area contributed by atoms with Crippen LogP contribution >= 0.6 is 0 Å². The van der Waals surface area contributed by atoms with E-state index in [-0.39, 0.29) is 17.9 Å². The quantitative estimate of drug-likeness (QED) is 0.841. The van der Waals surface area contributed by atoms with E-state index in [1.165, 1.54) is 18.2 Å². The molecular weight excluding hydrogens is 247 g/mol. The van der Waals surface area contributed by atoms with Crippen LogP contribution in [0.1, 0.15) is 15.9 Å². The molecular formula is C15H13FO3. The van der Waals surface area contributed by atoms with Gasteiger partial charge in [0.1, 0.15) is 17.3 Å². The van der Waals surface area contributed by atoms with Gasteiger partial charge in [0.2, 0.25) is 0 Å². The summed E-state index contributed by atoms with van der Waals surface area (Å²) in [4.78, 5) is 10.8. The zero-order chi connectivity index (χ0) is 13.7. The van der Waals surface area contributed by atoms with Gasteiger partial charge in [-0.25, -0.2) is 4.39 Å². The second kappa shape index (κ2) is 6.11. The molecule has 0 saturated heterocycles. The van der Waals surface area contributed by atoms with Gasteiger partial charge >= 0.3 is 0 Å². The molecule has 2 rings (SSSR count). The zero-order valence-corrected chi connectivity index (χ0v) is 10.2. The summed E-state index contributed by atoms with van der Waals surface area (Å²) in [6.07, 6.45) is 1.00. The molecule has 0 aromatic heterocycles. The van der Waals surface area contributed by atoms with Gasteiger partial charge in [0.05, 0.1) is 5.56 Å². The van der Waals surface area contributed by atoms with E-state index in [0.717, 1.165) is 5.56 Å². The molecule has 2 aromatic rings. The second-order valence-corrected chi connectivity index (χ2v) is 3.99. The molecule has 0 aliphatic rings. The van der Waals surface area contributed by atoms with Crippen LogP contribution in [0, 0.1) is 5.82 Å². The Morgan fingerprint density at radius 1 is 1.16 bits per heavy atom. The Balaban J connectivity index is 2.21. The molecule has 0 atom stereocenters. The molecule has 3 nitrogen and oxygen atoms in total. The molecule has 0 heterocycles. The maximum atomic E-state index is 13.4.